The fraction of sp³-hybridized carbons (Fsp3) is 0.480. The SMILES string of the molecule is CCc1ccc(C(C)NC(=O)CN2CCCC2c2ccc3c(c2)OCCCO3)cc1. The van der Waals surface area contributed by atoms with Crippen LogP contribution in [0.1, 0.15) is 61.9 Å². The molecule has 1 N–H and O–H groups in total. The Kier molecular flexibility index (Phi) is 6.58. The lowest BCUT2D eigenvalue weighted by Gasteiger charge is -2.26. The molecular weight excluding hydrogens is 376 g/mol. The van der Waals surface area contributed by atoms with Crippen molar-refractivity contribution in [1.29, 1.82) is 0 Å². The molecule has 2 aromatic rings. The normalized spacial score (nSPS) is 19.9. The predicted molar refractivity (Wildman–Crippen MR) is 118 cm³/mol. The maximum absolute atomic E-state index is 12.8. The number of aryl methyl sites for hydroxylation is 1. The zero-order valence-corrected chi connectivity index (χ0v) is 18.0. The molecule has 0 radical (unpaired) electrons. The minimum atomic E-state index is 0.00232. The van der Waals surface area contributed by atoms with Crippen LogP contribution in [-0.4, -0.2) is 37.1 Å². The topological polar surface area (TPSA) is 50.8 Å². The summed E-state index contributed by atoms with van der Waals surface area (Å²) in [6, 6.07) is 15.0. The van der Waals surface area contributed by atoms with E-state index < -0.39 is 0 Å². The molecule has 5 heteroatoms. The molecule has 2 atom stereocenters. The molecule has 1 saturated heterocycles. The van der Waals surface area contributed by atoms with Crippen molar-refractivity contribution in [3.05, 3.63) is 59.2 Å². The Bertz CT molecular complexity index is 865. The summed E-state index contributed by atoms with van der Waals surface area (Å²) in [4.78, 5) is 15.0. The monoisotopic (exact) mass is 408 g/mol. The van der Waals surface area contributed by atoms with Crippen molar-refractivity contribution in [2.75, 3.05) is 26.3 Å². The molecule has 5 nitrogen and oxygen atoms in total. The van der Waals surface area contributed by atoms with Crippen LogP contribution in [0.15, 0.2) is 42.5 Å². The molecule has 2 heterocycles. The summed E-state index contributed by atoms with van der Waals surface area (Å²) < 4.78 is 11.6. The molecule has 2 aliphatic rings. The number of ether oxygens (including phenoxy) is 2. The van der Waals surface area contributed by atoms with Crippen molar-refractivity contribution >= 4 is 5.91 Å². The molecular formula is C25H32N2O3. The number of rotatable bonds is 6. The lowest BCUT2D eigenvalue weighted by atomic mass is 10.0. The molecule has 1 fully saturated rings. The molecule has 0 saturated carbocycles. The van der Waals surface area contributed by atoms with Crippen molar-refractivity contribution in [1.82, 2.24) is 10.2 Å². The first-order valence-electron chi connectivity index (χ1n) is 11.2. The number of nitrogens with zero attached hydrogens (tertiary/aromatic N) is 1. The van der Waals surface area contributed by atoms with Crippen LogP contribution in [0.2, 0.25) is 0 Å². The van der Waals surface area contributed by atoms with Crippen molar-refractivity contribution in [2.45, 2.75) is 51.6 Å². The lowest BCUT2D eigenvalue weighted by Crippen LogP contribution is -2.38. The molecule has 2 aromatic carbocycles. The van der Waals surface area contributed by atoms with E-state index in [9.17, 15) is 4.79 Å². The maximum Gasteiger partial charge on any atom is 0.234 e. The number of benzene rings is 2. The average molecular weight is 409 g/mol. The summed E-state index contributed by atoms with van der Waals surface area (Å²) in [6.45, 7) is 6.93. The van der Waals surface area contributed by atoms with Crippen molar-refractivity contribution in [2.24, 2.45) is 0 Å². The fourth-order valence-corrected chi connectivity index (χ4v) is 4.38. The third-order valence-electron chi connectivity index (χ3n) is 6.13. The number of likely N-dealkylation sites (tertiary alicyclic amines) is 1. The highest BCUT2D eigenvalue weighted by atomic mass is 16.5. The minimum Gasteiger partial charge on any atom is -0.490 e. The number of carbonyl (C=O) groups excluding carboxylic acids is 1. The Labute approximate surface area is 179 Å². The van der Waals surface area contributed by atoms with Gasteiger partial charge in [0.15, 0.2) is 11.5 Å². The number of nitrogens with one attached hydrogen (secondary N) is 1. The number of hydrogen-bond acceptors (Lipinski definition) is 4. The molecule has 2 unspecified atom stereocenters. The van der Waals surface area contributed by atoms with E-state index in [0.717, 1.165) is 49.3 Å². The van der Waals surface area contributed by atoms with Crippen molar-refractivity contribution in [3.63, 3.8) is 0 Å². The van der Waals surface area contributed by atoms with E-state index >= 15 is 0 Å². The summed E-state index contributed by atoms with van der Waals surface area (Å²) in [5.74, 6) is 1.72. The van der Waals surface area contributed by atoms with Gasteiger partial charge in [0, 0.05) is 12.5 Å². The van der Waals surface area contributed by atoms with Crippen LogP contribution < -0.4 is 14.8 Å². The van der Waals surface area contributed by atoms with Crippen LogP contribution in [-0.2, 0) is 11.2 Å². The average Bonchev–Trinajstić information content (AvgIpc) is 3.08. The third-order valence-corrected chi connectivity index (χ3v) is 6.13. The van der Waals surface area contributed by atoms with Crippen molar-refractivity contribution in [3.8, 4) is 11.5 Å². The highest BCUT2D eigenvalue weighted by Crippen LogP contribution is 2.37. The smallest absolute Gasteiger partial charge is 0.234 e. The Hall–Kier alpha value is -2.53. The first-order chi connectivity index (χ1) is 14.6. The summed E-state index contributed by atoms with van der Waals surface area (Å²) in [5.41, 5.74) is 3.65. The van der Waals surface area contributed by atoms with Gasteiger partial charge in [-0.05, 0) is 61.6 Å². The van der Waals surface area contributed by atoms with Crippen LogP contribution in [0.3, 0.4) is 0 Å². The minimum absolute atomic E-state index is 0.00232. The molecule has 0 aliphatic carbocycles. The second-order valence-corrected chi connectivity index (χ2v) is 8.27. The molecule has 0 bridgehead atoms. The summed E-state index contributed by atoms with van der Waals surface area (Å²) in [7, 11) is 0. The summed E-state index contributed by atoms with van der Waals surface area (Å²) >= 11 is 0. The number of carbonyl (C=O) groups is 1. The summed E-state index contributed by atoms with van der Waals surface area (Å²) in [5, 5.41) is 3.17. The van der Waals surface area contributed by atoms with E-state index in [1.165, 1.54) is 11.1 Å². The number of amides is 1. The second-order valence-electron chi connectivity index (χ2n) is 8.27. The fourth-order valence-electron chi connectivity index (χ4n) is 4.38. The Balaban J connectivity index is 1.38. The second kappa shape index (κ2) is 9.52. The first kappa shape index (κ1) is 20.7. The quantitative estimate of drug-likeness (QED) is 0.769. The van der Waals surface area contributed by atoms with E-state index in [2.05, 4.69) is 53.5 Å². The zero-order chi connectivity index (χ0) is 20.9. The lowest BCUT2D eigenvalue weighted by molar-refractivity contribution is -0.123. The number of fused-ring (bicyclic) bond motifs is 1. The van der Waals surface area contributed by atoms with Gasteiger partial charge in [0.2, 0.25) is 5.91 Å². The van der Waals surface area contributed by atoms with Gasteiger partial charge in [0.1, 0.15) is 0 Å². The maximum atomic E-state index is 12.8. The van der Waals surface area contributed by atoms with Crippen LogP contribution >= 0.6 is 0 Å². The van der Waals surface area contributed by atoms with Gasteiger partial charge in [-0.1, -0.05) is 37.3 Å². The van der Waals surface area contributed by atoms with Gasteiger partial charge in [-0.15, -0.1) is 0 Å². The molecule has 4 rings (SSSR count). The molecule has 1 amide bonds. The van der Waals surface area contributed by atoms with Crippen LogP contribution in [0.25, 0.3) is 0 Å². The largest absolute Gasteiger partial charge is 0.490 e. The molecule has 0 spiro atoms. The molecule has 30 heavy (non-hydrogen) atoms. The summed E-state index contributed by atoms with van der Waals surface area (Å²) in [6.07, 6.45) is 4.08. The third kappa shape index (κ3) is 4.78. The van der Waals surface area contributed by atoms with Gasteiger partial charge in [0.25, 0.3) is 0 Å². The van der Waals surface area contributed by atoms with Crippen LogP contribution in [0.4, 0.5) is 0 Å². The molecule has 0 aromatic heterocycles. The Morgan fingerprint density at radius 2 is 1.87 bits per heavy atom. The van der Waals surface area contributed by atoms with E-state index in [0.29, 0.717) is 19.8 Å². The van der Waals surface area contributed by atoms with E-state index in [1.807, 2.05) is 13.0 Å². The van der Waals surface area contributed by atoms with E-state index in [-0.39, 0.29) is 18.0 Å². The van der Waals surface area contributed by atoms with E-state index in [4.69, 9.17) is 9.47 Å². The molecule has 160 valence electrons. The van der Waals surface area contributed by atoms with Crippen molar-refractivity contribution < 1.29 is 14.3 Å². The highest BCUT2D eigenvalue weighted by molar-refractivity contribution is 5.78. The van der Waals surface area contributed by atoms with Gasteiger partial charge in [-0.2, -0.15) is 0 Å². The van der Waals surface area contributed by atoms with Crippen LogP contribution in [0, 0.1) is 0 Å². The highest BCUT2D eigenvalue weighted by Gasteiger charge is 2.29. The Morgan fingerprint density at radius 1 is 1.10 bits per heavy atom. The standard InChI is InChI=1S/C25H32N2O3/c1-3-19-7-9-20(10-8-19)18(2)26-25(28)17-27-13-4-6-22(27)21-11-12-23-24(16-21)30-15-5-14-29-23/h7-12,16,18,22H,3-6,13-15,17H2,1-2H3,(H,26,28). The zero-order valence-electron chi connectivity index (χ0n) is 18.0. The van der Waals surface area contributed by atoms with Crippen LogP contribution in [0.5, 0.6) is 11.5 Å². The molecule has 2 aliphatic heterocycles. The van der Waals surface area contributed by atoms with Gasteiger partial charge >= 0.3 is 0 Å². The predicted octanol–water partition coefficient (Wildman–Crippen LogP) is 4.42. The number of hydrogen-bond donors (Lipinski definition) is 1. The van der Waals surface area contributed by atoms with Gasteiger partial charge < -0.3 is 14.8 Å². The van der Waals surface area contributed by atoms with Gasteiger partial charge in [-0.3, -0.25) is 9.69 Å². The van der Waals surface area contributed by atoms with E-state index in [1.54, 1.807) is 0 Å². The first-order valence-corrected chi connectivity index (χ1v) is 11.2. The Morgan fingerprint density at radius 3 is 2.63 bits per heavy atom. The van der Waals surface area contributed by atoms with Gasteiger partial charge in [0.05, 0.1) is 25.8 Å². The van der Waals surface area contributed by atoms with Gasteiger partial charge in [-0.25, -0.2) is 0 Å².